The zero-order chi connectivity index (χ0) is 6.27. The third-order valence-corrected chi connectivity index (χ3v) is 1.48. The molecule has 1 amide bonds. The minimum Gasteiger partial charge on any atom is -0.327 e. The Morgan fingerprint density at radius 3 is 3.33 bits per heavy atom. The van der Waals surface area contributed by atoms with Gasteiger partial charge >= 0.3 is 0 Å². The fraction of sp³-hybridized carbons (Fsp3) is 0.333. The van der Waals surface area contributed by atoms with Crippen molar-refractivity contribution in [3.8, 4) is 0 Å². The van der Waals surface area contributed by atoms with Crippen molar-refractivity contribution in [3.63, 3.8) is 0 Å². The first-order valence-electron chi connectivity index (χ1n) is 2.90. The molecular weight excluding hydrogens is 116 g/mol. The van der Waals surface area contributed by atoms with Crippen molar-refractivity contribution in [3.05, 3.63) is 12.3 Å². The maximum atomic E-state index is 10.6. The molecule has 0 saturated carbocycles. The fourth-order valence-electron chi connectivity index (χ4n) is 1.07. The van der Waals surface area contributed by atoms with Crippen LogP contribution in [0.2, 0.25) is 0 Å². The van der Waals surface area contributed by atoms with Crippen LogP contribution in [-0.2, 0) is 4.79 Å². The van der Waals surface area contributed by atoms with Crippen LogP contribution < -0.4 is 0 Å². The minimum absolute atomic E-state index is 0.0191. The predicted octanol–water partition coefficient (Wildman–Crippen LogP) is 0.145. The van der Waals surface area contributed by atoms with Crippen molar-refractivity contribution < 1.29 is 4.79 Å². The van der Waals surface area contributed by atoms with E-state index in [1.807, 2.05) is 17.2 Å². The highest BCUT2D eigenvalue weighted by atomic mass is 16.2. The van der Waals surface area contributed by atoms with E-state index in [1.165, 1.54) is 0 Å². The van der Waals surface area contributed by atoms with Crippen molar-refractivity contribution in [1.29, 1.82) is 0 Å². The molecule has 0 aromatic heterocycles. The van der Waals surface area contributed by atoms with Crippen LogP contribution in [0.4, 0.5) is 0 Å². The first-order chi connectivity index (χ1) is 4.36. The number of amidine groups is 1. The number of aliphatic imine (C=N–C) groups is 1. The highest BCUT2D eigenvalue weighted by Crippen LogP contribution is 2.13. The molecule has 9 heavy (non-hydrogen) atoms. The summed E-state index contributed by atoms with van der Waals surface area (Å²) >= 11 is 0. The van der Waals surface area contributed by atoms with Crippen molar-refractivity contribution in [2.24, 2.45) is 4.99 Å². The molecule has 0 N–H and O–H groups in total. The zero-order valence-corrected chi connectivity index (χ0v) is 4.87. The summed E-state index contributed by atoms with van der Waals surface area (Å²) in [6.07, 6.45) is 4.74. The Hall–Kier alpha value is -1.12. The number of hydrogen-bond acceptors (Lipinski definition) is 2. The van der Waals surface area contributed by atoms with Gasteiger partial charge in [0.2, 0.25) is 0 Å². The standard InChI is InChI=1S/C6H6N2O/c9-6-4-8-3-1-2-5(8)7-6/h1,3H,2,4H2. The molecule has 0 aliphatic carbocycles. The van der Waals surface area contributed by atoms with Gasteiger partial charge in [0, 0.05) is 12.6 Å². The van der Waals surface area contributed by atoms with Crippen molar-refractivity contribution in [1.82, 2.24) is 4.90 Å². The van der Waals surface area contributed by atoms with Crippen molar-refractivity contribution in [2.45, 2.75) is 6.42 Å². The predicted molar refractivity (Wildman–Crippen MR) is 32.9 cm³/mol. The second-order valence-electron chi connectivity index (χ2n) is 2.14. The Kier molecular flexibility index (Phi) is 0.754. The van der Waals surface area contributed by atoms with E-state index in [-0.39, 0.29) is 5.91 Å². The molecule has 2 heterocycles. The van der Waals surface area contributed by atoms with Gasteiger partial charge < -0.3 is 4.90 Å². The lowest BCUT2D eigenvalue weighted by molar-refractivity contribution is -0.116. The molecule has 46 valence electrons. The lowest BCUT2D eigenvalue weighted by atomic mass is 10.4. The normalized spacial score (nSPS) is 22.9. The molecule has 0 saturated heterocycles. The smallest absolute Gasteiger partial charge is 0.267 e. The summed E-state index contributed by atoms with van der Waals surface area (Å²) in [7, 11) is 0. The van der Waals surface area contributed by atoms with E-state index in [4.69, 9.17) is 0 Å². The molecule has 3 nitrogen and oxygen atoms in total. The van der Waals surface area contributed by atoms with Crippen LogP contribution in [0.3, 0.4) is 0 Å². The lowest BCUT2D eigenvalue weighted by Crippen LogP contribution is -2.17. The van der Waals surface area contributed by atoms with Gasteiger partial charge in [-0.05, 0) is 0 Å². The third kappa shape index (κ3) is 0.575. The first-order valence-corrected chi connectivity index (χ1v) is 2.90. The monoisotopic (exact) mass is 122 g/mol. The van der Waals surface area contributed by atoms with Gasteiger partial charge in [0.15, 0.2) is 0 Å². The Morgan fingerprint density at radius 1 is 1.67 bits per heavy atom. The van der Waals surface area contributed by atoms with Crippen LogP contribution in [0.25, 0.3) is 0 Å². The SMILES string of the molecule is O=C1CN2C=CCC2=N1. The van der Waals surface area contributed by atoms with Gasteiger partial charge in [-0.3, -0.25) is 4.79 Å². The summed E-state index contributed by atoms with van der Waals surface area (Å²) in [6, 6.07) is 0. The topological polar surface area (TPSA) is 32.7 Å². The lowest BCUT2D eigenvalue weighted by Gasteiger charge is -2.04. The number of amides is 1. The third-order valence-electron chi connectivity index (χ3n) is 1.48. The maximum absolute atomic E-state index is 10.6. The molecule has 0 aromatic rings. The first kappa shape index (κ1) is 4.73. The summed E-state index contributed by atoms with van der Waals surface area (Å²) in [6.45, 7) is 0.450. The van der Waals surface area contributed by atoms with E-state index in [0.717, 1.165) is 12.3 Å². The number of rotatable bonds is 0. The van der Waals surface area contributed by atoms with E-state index in [2.05, 4.69) is 4.99 Å². The van der Waals surface area contributed by atoms with E-state index >= 15 is 0 Å². The molecular formula is C6H6N2O. The van der Waals surface area contributed by atoms with E-state index < -0.39 is 0 Å². The molecule has 0 fully saturated rings. The number of hydrogen-bond donors (Lipinski definition) is 0. The molecule has 0 spiro atoms. The second kappa shape index (κ2) is 1.43. The van der Waals surface area contributed by atoms with E-state index in [1.54, 1.807) is 0 Å². The highest BCUT2D eigenvalue weighted by molar-refractivity contribution is 6.03. The van der Waals surface area contributed by atoms with Crippen LogP contribution in [0, 0.1) is 0 Å². The molecule has 2 rings (SSSR count). The van der Waals surface area contributed by atoms with Crippen molar-refractivity contribution in [2.75, 3.05) is 6.54 Å². The Labute approximate surface area is 52.7 Å². The number of fused-ring (bicyclic) bond motifs is 1. The molecule has 0 unspecified atom stereocenters. The second-order valence-corrected chi connectivity index (χ2v) is 2.14. The summed E-state index contributed by atoms with van der Waals surface area (Å²) in [4.78, 5) is 16.3. The summed E-state index contributed by atoms with van der Waals surface area (Å²) in [5.41, 5.74) is 0. The average Bonchev–Trinajstić information content (AvgIpc) is 2.22. The van der Waals surface area contributed by atoms with Gasteiger partial charge in [-0.15, -0.1) is 0 Å². The molecule has 2 aliphatic heterocycles. The quantitative estimate of drug-likeness (QED) is 0.458. The highest BCUT2D eigenvalue weighted by Gasteiger charge is 2.22. The van der Waals surface area contributed by atoms with Crippen LogP contribution >= 0.6 is 0 Å². The van der Waals surface area contributed by atoms with Gasteiger partial charge in [-0.25, -0.2) is 0 Å². The van der Waals surface area contributed by atoms with E-state index in [0.29, 0.717) is 6.54 Å². The largest absolute Gasteiger partial charge is 0.327 e. The Morgan fingerprint density at radius 2 is 2.56 bits per heavy atom. The van der Waals surface area contributed by atoms with Crippen LogP contribution in [0.15, 0.2) is 17.3 Å². The number of nitrogens with zero attached hydrogens (tertiary/aromatic N) is 2. The van der Waals surface area contributed by atoms with Crippen LogP contribution in [-0.4, -0.2) is 23.2 Å². The Balaban J connectivity index is 2.33. The molecule has 0 aromatic carbocycles. The van der Waals surface area contributed by atoms with Gasteiger partial charge in [-0.2, -0.15) is 4.99 Å². The molecule has 2 aliphatic rings. The van der Waals surface area contributed by atoms with Gasteiger partial charge in [0.25, 0.3) is 5.91 Å². The molecule has 0 bridgehead atoms. The maximum Gasteiger partial charge on any atom is 0.267 e. The van der Waals surface area contributed by atoms with Crippen molar-refractivity contribution >= 4 is 11.7 Å². The molecule has 0 radical (unpaired) electrons. The summed E-state index contributed by atoms with van der Waals surface area (Å²) < 4.78 is 0. The average molecular weight is 122 g/mol. The van der Waals surface area contributed by atoms with Crippen LogP contribution in [0.5, 0.6) is 0 Å². The van der Waals surface area contributed by atoms with Gasteiger partial charge in [0.05, 0.1) is 0 Å². The minimum atomic E-state index is -0.0191. The fourth-order valence-corrected chi connectivity index (χ4v) is 1.07. The van der Waals surface area contributed by atoms with Gasteiger partial charge in [-0.1, -0.05) is 6.08 Å². The summed E-state index contributed by atoms with van der Waals surface area (Å²) in [5, 5.41) is 0. The number of carbonyl (C=O) groups is 1. The molecule has 3 heteroatoms. The van der Waals surface area contributed by atoms with Gasteiger partial charge in [0.1, 0.15) is 12.4 Å². The van der Waals surface area contributed by atoms with E-state index in [9.17, 15) is 4.79 Å². The summed E-state index contributed by atoms with van der Waals surface area (Å²) in [5.74, 6) is 0.884. The Bertz CT molecular complexity index is 217. The molecule has 0 atom stereocenters. The number of carbonyl (C=O) groups excluding carboxylic acids is 1. The van der Waals surface area contributed by atoms with Crippen LogP contribution in [0.1, 0.15) is 6.42 Å². The zero-order valence-electron chi connectivity index (χ0n) is 4.87.